The molecule has 0 bridgehead atoms. The number of aliphatic hydroxyl groups is 1. The van der Waals surface area contributed by atoms with Gasteiger partial charge >= 0.3 is 0 Å². The first-order valence-electron chi connectivity index (χ1n) is 6.71. The summed E-state index contributed by atoms with van der Waals surface area (Å²) in [6.07, 6.45) is 0.432. The summed E-state index contributed by atoms with van der Waals surface area (Å²) in [5.74, 6) is 0.476. The van der Waals surface area contributed by atoms with E-state index in [0.717, 1.165) is 17.0 Å². The van der Waals surface area contributed by atoms with E-state index in [9.17, 15) is 9.90 Å². The van der Waals surface area contributed by atoms with E-state index >= 15 is 0 Å². The Hall–Kier alpha value is -2.34. The minimum absolute atomic E-state index is 0.0173. The van der Waals surface area contributed by atoms with Crippen LogP contribution in [-0.4, -0.2) is 34.9 Å². The molecular weight excluding hydrogens is 270 g/mol. The highest BCUT2D eigenvalue weighted by atomic mass is 16.5. The number of nitrogens with zero attached hydrogens (tertiary/aromatic N) is 1. The molecule has 0 saturated carbocycles. The largest absolute Gasteiger partial charge is 0.497 e. The van der Waals surface area contributed by atoms with Crippen LogP contribution in [0.4, 0.5) is 0 Å². The van der Waals surface area contributed by atoms with Gasteiger partial charge in [0.2, 0.25) is 0 Å². The zero-order chi connectivity index (χ0) is 15.2. The van der Waals surface area contributed by atoms with Crippen molar-refractivity contribution in [3.8, 4) is 5.75 Å². The van der Waals surface area contributed by atoms with E-state index in [2.05, 4.69) is 15.5 Å². The van der Waals surface area contributed by atoms with Gasteiger partial charge in [0.1, 0.15) is 11.4 Å². The van der Waals surface area contributed by atoms with Gasteiger partial charge in [-0.2, -0.15) is 5.10 Å². The standard InChI is InChI=1S/C15H19N3O3/c1-10-9-14(18-17-10)15(20)16-13(7-8-19)11-3-5-12(21-2)6-4-11/h3-6,9,13,19H,7-8H2,1-2H3,(H,16,20)(H,17,18). The highest BCUT2D eigenvalue weighted by molar-refractivity contribution is 5.92. The zero-order valence-corrected chi connectivity index (χ0v) is 12.1. The van der Waals surface area contributed by atoms with E-state index in [1.54, 1.807) is 13.2 Å². The lowest BCUT2D eigenvalue weighted by atomic mass is 10.0. The first-order valence-corrected chi connectivity index (χ1v) is 6.71. The number of nitrogens with one attached hydrogen (secondary N) is 2. The molecule has 0 saturated heterocycles. The van der Waals surface area contributed by atoms with Gasteiger partial charge < -0.3 is 15.2 Å². The van der Waals surface area contributed by atoms with Gasteiger partial charge in [0.15, 0.2) is 0 Å². The molecule has 1 amide bonds. The van der Waals surface area contributed by atoms with Crippen LogP contribution in [0.15, 0.2) is 30.3 Å². The molecule has 0 fully saturated rings. The fraction of sp³-hybridized carbons (Fsp3) is 0.333. The number of aryl methyl sites for hydroxylation is 1. The van der Waals surface area contributed by atoms with Crippen molar-refractivity contribution in [2.45, 2.75) is 19.4 Å². The number of amides is 1. The monoisotopic (exact) mass is 289 g/mol. The number of benzene rings is 1. The zero-order valence-electron chi connectivity index (χ0n) is 12.1. The molecule has 0 aliphatic carbocycles. The molecule has 21 heavy (non-hydrogen) atoms. The highest BCUT2D eigenvalue weighted by Crippen LogP contribution is 2.20. The Bertz CT molecular complexity index is 592. The maximum absolute atomic E-state index is 12.1. The van der Waals surface area contributed by atoms with Crippen molar-refractivity contribution in [2.75, 3.05) is 13.7 Å². The van der Waals surface area contributed by atoms with Crippen LogP contribution < -0.4 is 10.1 Å². The molecule has 1 aromatic carbocycles. The maximum atomic E-state index is 12.1. The number of aliphatic hydroxyl groups excluding tert-OH is 1. The van der Waals surface area contributed by atoms with E-state index in [4.69, 9.17) is 4.74 Å². The Balaban J connectivity index is 2.12. The topological polar surface area (TPSA) is 87.2 Å². The van der Waals surface area contributed by atoms with Crippen LogP contribution in [-0.2, 0) is 0 Å². The first-order chi connectivity index (χ1) is 10.1. The van der Waals surface area contributed by atoms with Crippen molar-refractivity contribution in [3.63, 3.8) is 0 Å². The Morgan fingerprint density at radius 3 is 2.67 bits per heavy atom. The van der Waals surface area contributed by atoms with Gasteiger partial charge in [0, 0.05) is 12.3 Å². The van der Waals surface area contributed by atoms with E-state index in [0.29, 0.717) is 12.1 Å². The number of carbonyl (C=O) groups excluding carboxylic acids is 1. The molecular formula is C15H19N3O3. The van der Waals surface area contributed by atoms with E-state index in [-0.39, 0.29) is 18.6 Å². The minimum atomic E-state index is -0.273. The van der Waals surface area contributed by atoms with Gasteiger partial charge in [-0.1, -0.05) is 12.1 Å². The number of hydrogen-bond acceptors (Lipinski definition) is 4. The van der Waals surface area contributed by atoms with Gasteiger partial charge in [-0.25, -0.2) is 0 Å². The number of methoxy groups -OCH3 is 1. The smallest absolute Gasteiger partial charge is 0.272 e. The summed E-state index contributed by atoms with van der Waals surface area (Å²) in [7, 11) is 1.60. The number of H-pyrrole nitrogens is 1. The van der Waals surface area contributed by atoms with Crippen molar-refractivity contribution in [1.29, 1.82) is 0 Å². The second kappa shape index (κ2) is 6.90. The average molecular weight is 289 g/mol. The van der Waals surface area contributed by atoms with E-state index in [1.807, 2.05) is 31.2 Å². The fourth-order valence-corrected chi connectivity index (χ4v) is 2.05. The second-order valence-electron chi connectivity index (χ2n) is 4.75. The molecule has 1 atom stereocenters. The number of hydrogen-bond donors (Lipinski definition) is 3. The molecule has 3 N–H and O–H groups in total. The summed E-state index contributed by atoms with van der Waals surface area (Å²) in [5, 5.41) is 18.7. The van der Waals surface area contributed by atoms with Crippen molar-refractivity contribution in [1.82, 2.24) is 15.5 Å². The summed E-state index contributed by atoms with van der Waals surface area (Å²) in [6, 6.07) is 8.80. The molecule has 0 spiro atoms. The third kappa shape index (κ3) is 3.82. The summed E-state index contributed by atoms with van der Waals surface area (Å²) < 4.78 is 5.11. The summed E-state index contributed by atoms with van der Waals surface area (Å²) in [4.78, 5) is 12.1. The Morgan fingerprint density at radius 2 is 2.14 bits per heavy atom. The van der Waals surface area contributed by atoms with Crippen LogP contribution in [0.3, 0.4) is 0 Å². The van der Waals surface area contributed by atoms with Crippen LogP contribution in [0.2, 0.25) is 0 Å². The third-order valence-electron chi connectivity index (χ3n) is 3.18. The minimum Gasteiger partial charge on any atom is -0.497 e. The van der Waals surface area contributed by atoms with Crippen LogP contribution >= 0.6 is 0 Å². The number of rotatable bonds is 6. The molecule has 1 heterocycles. The molecule has 6 heteroatoms. The number of aromatic nitrogens is 2. The summed E-state index contributed by atoms with van der Waals surface area (Å²) >= 11 is 0. The van der Waals surface area contributed by atoms with Crippen LogP contribution in [0.25, 0.3) is 0 Å². The van der Waals surface area contributed by atoms with Crippen molar-refractivity contribution >= 4 is 5.91 Å². The molecule has 0 aliphatic heterocycles. The number of aromatic amines is 1. The predicted molar refractivity (Wildman–Crippen MR) is 78.2 cm³/mol. The summed E-state index contributed by atoms with van der Waals surface area (Å²) in [6.45, 7) is 1.81. The van der Waals surface area contributed by atoms with Gasteiger partial charge in [-0.15, -0.1) is 0 Å². The molecule has 2 aromatic rings. The first kappa shape index (κ1) is 15.1. The number of carbonyl (C=O) groups is 1. The van der Waals surface area contributed by atoms with Gasteiger partial charge in [-0.3, -0.25) is 9.89 Å². The molecule has 1 aromatic heterocycles. The Labute approximate surface area is 123 Å². The number of ether oxygens (including phenoxy) is 1. The van der Waals surface area contributed by atoms with E-state index < -0.39 is 0 Å². The third-order valence-corrected chi connectivity index (χ3v) is 3.18. The van der Waals surface area contributed by atoms with Gasteiger partial charge in [-0.05, 0) is 37.1 Å². The summed E-state index contributed by atoms with van der Waals surface area (Å²) in [5.41, 5.74) is 2.07. The van der Waals surface area contributed by atoms with Crippen molar-refractivity contribution in [3.05, 3.63) is 47.3 Å². The Kier molecular flexibility index (Phi) is 4.94. The molecule has 6 nitrogen and oxygen atoms in total. The molecule has 0 radical (unpaired) electrons. The van der Waals surface area contributed by atoms with Gasteiger partial charge in [0.05, 0.1) is 13.2 Å². The van der Waals surface area contributed by atoms with Gasteiger partial charge in [0.25, 0.3) is 5.91 Å². The molecule has 112 valence electrons. The predicted octanol–water partition coefficient (Wildman–Crippen LogP) is 1.58. The maximum Gasteiger partial charge on any atom is 0.272 e. The van der Waals surface area contributed by atoms with Crippen LogP contribution in [0.1, 0.15) is 34.2 Å². The lowest BCUT2D eigenvalue weighted by Gasteiger charge is -2.18. The lowest BCUT2D eigenvalue weighted by Crippen LogP contribution is -2.29. The molecule has 2 rings (SSSR count). The Morgan fingerprint density at radius 1 is 1.43 bits per heavy atom. The second-order valence-corrected chi connectivity index (χ2v) is 4.75. The van der Waals surface area contributed by atoms with Crippen LogP contribution in [0.5, 0.6) is 5.75 Å². The van der Waals surface area contributed by atoms with Crippen LogP contribution in [0, 0.1) is 6.92 Å². The van der Waals surface area contributed by atoms with E-state index in [1.165, 1.54) is 0 Å². The SMILES string of the molecule is COc1ccc(C(CCO)NC(=O)c2cc(C)[nH]n2)cc1. The average Bonchev–Trinajstić information content (AvgIpc) is 2.93. The fourth-order valence-electron chi connectivity index (χ4n) is 2.05. The normalized spacial score (nSPS) is 12.0. The quantitative estimate of drug-likeness (QED) is 0.753. The lowest BCUT2D eigenvalue weighted by molar-refractivity contribution is 0.0925. The highest BCUT2D eigenvalue weighted by Gasteiger charge is 2.17. The molecule has 0 aliphatic rings. The van der Waals surface area contributed by atoms with Crippen molar-refractivity contribution in [2.24, 2.45) is 0 Å². The van der Waals surface area contributed by atoms with Crippen molar-refractivity contribution < 1.29 is 14.6 Å². The molecule has 1 unspecified atom stereocenters.